The molecule has 0 aliphatic heterocycles. The molecule has 0 aliphatic rings. The molecule has 0 unspecified atom stereocenters. The lowest BCUT2D eigenvalue weighted by molar-refractivity contribution is -0.172. The predicted octanol–water partition coefficient (Wildman–Crippen LogP) is -1.09. The molecule has 0 spiro atoms. The first-order valence-corrected chi connectivity index (χ1v) is 3.98. The van der Waals surface area contributed by atoms with Crippen LogP contribution in [0.5, 0.6) is 0 Å². The van der Waals surface area contributed by atoms with Gasteiger partial charge in [0.05, 0.1) is 5.75 Å². The van der Waals surface area contributed by atoms with E-state index in [9.17, 15) is 4.79 Å². The van der Waals surface area contributed by atoms with E-state index < -0.39 is 11.7 Å². The smallest absolute Gasteiger partial charge is 0.278 e. The molecule has 0 radical (unpaired) electrons. The molecule has 0 aromatic heterocycles. The van der Waals surface area contributed by atoms with Gasteiger partial charge in [-0.3, -0.25) is 4.79 Å². The Labute approximate surface area is 63.4 Å². The van der Waals surface area contributed by atoms with Crippen LogP contribution >= 0.6 is 11.8 Å². The Balaban J connectivity index is 3.75. The van der Waals surface area contributed by atoms with Gasteiger partial charge in [0.2, 0.25) is 0 Å². The Morgan fingerprint density at radius 1 is 1.70 bits per heavy atom. The third kappa shape index (κ3) is 3.05. The molecule has 1 amide bonds. The molecule has 0 bridgehead atoms. The molecule has 4 N–H and O–H groups in total. The van der Waals surface area contributed by atoms with Gasteiger partial charge in [-0.15, -0.1) is 0 Å². The highest BCUT2D eigenvalue weighted by Gasteiger charge is 2.29. The predicted molar refractivity (Wildman–Crippen MR) is 39.4 cm³/mol. The summed E-state index contributed by atoms with van der Waals surface area (Å²) in [5.74, 6) is -2.80. The van der Waals surface area contributed by atoms with Gasteiger partial charge >= 0.3 is 0 Å². The number of nitrogens with two attached hydrogens (primary N) is 1. The Morgan fingerprint density at radius 2 is 2.20 bits per heavy atom. The molecule has 0 aliphatic carbocycles. The van der Waals surface area contributed by atoms with Gasteiger partial charge in [-0.2, -0.15) is 11.8 Å². The quantitative estimate of drug-likeness (QED) is 0.462. The van der Waals surface area contributed by atoms with Crippen LogP contribution in [-0.4, -0.2) is 33.4 Å². The molecule has 4 nitrogen and oxygen atoms in total. The van der Waals surface area contributed by atoms with Crippen molar-refractivity contribution < 1.29 is 15.0 Å². The minimum Gasteiger partial charge on any atom is -0.365 e. The number of hydrogen-bond acceptors (Lipinski definition) is 4. The minimum atomic E-state index is -2.35. The van der Waals surface area contributed by atoms with Crippen molar-refractivity contribution in [1.82, 2.24) is 0 Å². The van der Waals surface area contributed by atoms with Crippen molar-refractivity contribution >= 4 is 17.7 Å². The van der Waals surface area contributed by atoms with Crippen LogP contribution in [0.25, 0.3) is 0 Å². The fraction of sp³-hybridized carbons (Fsp3) is 0.800. The van der Waals surface area contributed by atoms with E-state index in [1.807, 2.05) is 6.92 Å². The summed E-state index contributed by atoms with van der Waals surface area (Å²) in [6.07, 6.45) is 0. The maximum atomic E-state index is 10.2. The van der Waals surface area contributed by atoms with Crippen molar-refractivity contribution in [2.24, 2.45) is 5.73 Å². The maximum absolute atomic E-state index is 10.2. The van der Waals surface area contributed by atoms with Crippen molar-refractivity contribution in [3.8, 4) is 0 Å². The summed E-state index contributed by atoms with van der Waals surface area (Å²) < 4.78 is 0. The van der Waals surface area contributed by atoms with Crippen LogP contribution in [0, 0.1) is 0 Å². The number of hydrogen-bond donors (Lipinski definition) is 3. The van der Waals surface area contributed by atoms with Crippen molar-refractivity contribution in [2.75, 3.05) is 11.5 Å². The highest BCUT2D eigenvalue weighted by molar-refractivity contribution is 7.99. The molecule has 0 aromatic carbocycles. The minimum absolute atomic E-state index is 0.0706. The van der Waals surface area contributed by atoms with Crippen LogP contribution in [0.4, 0.5) is 0 Å². The monoisotopic (exact) mass is 165 g/mol. The first-order chi connectivity index (χ1) is 4.50. The summed E-state index contributed by atoms with van der Waals surface area (Å²) in [5, 5.41) is 17.6. The largest absolute Gasteiger partial charge is 0.365 e. The van der Waals surface area contributed by atoms with Crippen LogP contribution in [0.2, 0.25) is 0 Å². The molecule has 0 aromatic rings. The first-order valence-electron chi connectivity index (χ1n) is 2.83. The number of primary amides is 1. The average Bonchev–Trinajstić information content (AvgIpc) is 1.84. The van der Waals surface area contributed by atoms with Gasteiger partial charge in [0.15, 0.2) is 0 Å². The zero-order chi connectivity index (χ0) is 8.20. The van der Waals surface area contributed by atoms with Gasteiger partial charge in [-0.1, -0.05) is 6.92 Å². The molecule has 0 atom stereocenters. The second kappa shape index (κ2) is 3.80. The zero-order valence-electron chi connectivity index (χ0n) is 5.70. The molecule has 0 rings (SSSR count). The van der Waals surface area contributed by atoms with Crippen molar-refractivity contribution in [1.29, 1.82) is 0 Å². The van der Waals surface area contributed by atoms with E-state index in [0.717, 1.165) is 5.75 Å². The lowest BCUT2D eigenvalue weighted by atomic mass is 10.3. The van der Waals surface area contributed by atoms with Gasteiger partial charge in [-0.25, -0.2) is 0 Å². The number of rotatable bonds is 4. The first kappa shape index (κ1) is 9.74. The normalized spacial score (nSPS) is 11.5. The fourth-order valence-electron chi connectivity index (χ4n) is 0.316. The highest BCUT2D eigenvalue weighted by atomic mass is 32.2. The lowest BCUT2D eigenvalue weighted by Gasteiger charge is -2.15. The summed E-state index contributed by atoms with van der Waals surface area (Å²) >= 11 is 1.24. The summed E-state index contributed by atoms with van der Waals surface area (Å²) in [7, 11) is 0. The van der Waals surface area contributed by atoms with Gasteiger partial charge in [0.1, 0.15) is 0 Å². The summed E-state index contributed by atoms with van der Waals surface area (Å²) in [5.41, 5.74) is 4.66. The van der Waals surface area contributed by atoms with Crippen LogP contribution < -0.4 is 5.73 Å². The van der Waals surface area contributed by atoms with E-state index in [1.165, 1.54) is 11.8 Å². The molecule has 0 heterocycles. The van der Waals surface area contributed by atoms with Gasteiger partial charge in [0.25, 0.3) is 11.7 Å². The number of carbonyl (C=O) groups excluding carboxylic acids is 1. The van der Waals surface area contributed by atoms with Crippen LogP contribution in [0.1, 0.15) is 6.92 Å². The summed E-state index contributed by atoms with van der Waals surface area (Å²) in [4.78, 5) is 10.2. The topological polar surface area (TPSA) is 83.6 Å². The third-order valence-corrected chi connectivity index (χ3v) is 1.92. The molecular formula is C5H11NO3S. The average molecular weight is 165 g/mol. The van der Waals surface area contributed by atoms with E-state index in [-0.39, 0.29) is 5.75 Å². The maximum Gasteiger partial charge on any atom is 0.278 e. The summed E-state index contributed by atoms with van der Waals surface area (Å²) in [6.45, 7) is 1.85. The van der Waals surface area contributed by atoms with Gasteiger partial charge in [0, 0.05) is 0 Å². The Kier molecular flexibility index (Phi) is 3.70. The zero-order valence-corrected chi connectivity index (χ0v) is 6.52. The Bertz CT molecular complexity index is 126. The number of aliphatic hydroxyl groups is 2. The number of amides is 1. The van der Waals surface area contributed by atoms with Gasteiger partial charge in [-0.05, 0) is 5.75 Å². The molecule has 0 saturated heterocycles. The van der Waals surface area contributed by atoms with Crippen LogP contribution in [0.3, 0.4) is 0 Å². The highest BCUT2D eigenvalue weighted by Crippen LogP contribution is 2.08. The van der Waals surface area contributed by atoms with E-state index in [2.05, 4.69) is 5.73 Å². The number of carbonyl (C=O) groups is 1. The molecule has 0 saturated carbocycles. The Hall–Kier alpha value is -0.260. The van der Waals surface area contributed by atoms with E-state index in [1.54, 1.807) is 0 Å². The van der Waals surface area contributed by atoms with Crippen LogP contribution in [0.15, 0.2) is 0 Å². The molecule has 0 fully saturated rings. The van der Waals surface area contributed by atoms with E-state index in [0.29, 0.717) is 0 Å². The SMILES string of the molecule is CCSCC(O)(O)C(N)=O. The lowest BCUT2D eigenvalue weighted by Crippen LogP contribution is -2.45. The fourth-order valence-corrected chi connectivity index (χ4v) is 0.947. The molecule has 60 valence electrons. The third-order valence-electron chi connectivity index (χ3n) is 0.902. The Morgan fingerprint density at radius 3 is 2.50 bits per heavy atom. The molecule has 5 heteroatoms. The van der Waals surface area contributed by atoms with Crippen LogP contribution in [-0.2, 0) is 4.79 Å². The number of thioether (sulfide) groups is 1. The molecule has 10 heavy (non-hydrogen) atoms. The van der Waals surface area contributed by atoms with Gasteiger partial charge < -0.3 is 15.9 Å². The van der Waals surface area contributed by atoms with Crippen molar-refractivity contribution in [2.45, 2.75) is 12.7 Å². The second-order valence-electron chi connectivity index (χ2n) is 1.82. The van der Waals surface area contributed by atoms with Crippen molar-refractivity contribution in [3.05, 3.63) is 0 Å². The summed E-state index contributed by atoms with van der Waals surface area (Å²) in [6, 6.07) is 0. The standard InChI is InChI=1S/C5H11NO3S/c1-2-10-3-5(8,9)4(6)7/h8-9H,2-3H2,1H3,(H2,6,7). The molecular weight excluding hydrogens is 154 g/mol. The van der Waals surface area contributed by atoms with E-state index >= 15 is 0 Å². The second-order valence-corrected chi connectivity index (χ2v) is 3.09. The van der Waals surface area contributed by atoms with Crippen molar-refractivity contribution in [3.63, 3.8) is 0 Å². The van der Waals surface area contributed by atoms with E-state index in [4.69, 9.17) is 10.2 Å².